The van der Waals surface area contributed by atoms with Crippen molar-refractivity contribution in [3.8, 4) is 0 Å². The summed E-state index contributed by atoms with van der Waals surface area (Å²) in [5, 5.41) is 1.08. The fourth-order valence-corrected chi connectivity index (χ4v) is 2.88. The van der Waals surface area contributed by atoms with Gasteiger partial charge >= 0.3 is 0 Å². The number of rotatable bonds is 5. The quantitative estimate of drug-likeness (QED) is 0.841. The van der Waals surface area contributed by atoms with Gasteiger partial charge in [0.25, 0.3) is 0 Å². The van der Waals surface area contributed by atoms with Gasteiger partial charge in [0.2, 0.25) is 15.9 Å². The Morgan fingerprint density at radius 1 is 1.23 bits per heavy atom. The molecular weight excluding hydrogens is 300 g/mol. The number of carbonyl (C=O) groups excluding carboxylic acids is 1. The highest BCUT2D eigenvalue weighted by atomic mass is 32.2. The van der Waals surface area contributed by atoms with E-state index in [1.165, 1.54) is 6.08 Å². The van der Waals surface area contributed by atoms with Gasteiger partial charge in [-0.2, -0.15) is 0 Å². The summed E-state index contributed by atoms with van der Waals surface area (Å²) in [5.41, 5.74) is 1.92. The van der Waals surface area contributed by atoms with Crippen LogP contribution in [0.25, 0.3) is 6.08 Å². The average Bonchev–Trinajstić information content (AvgIpc) is 2.53. The average molecular weight is 320 g/mol. The normalized spacial score (nSPS) is 16.2. The molecule has 1 heterocycles. The third-order valence-electron chi connectivity index (χ3n) is 3.49. The number of benzene rings is 1. The number of hydrogen-bond donors (Lipinski definition) is 1. The minimum atomic E-state index is -3.62. The zero-order valence-electron chi connectivity index (χ0n) is 12.4. The summed E-state index contributed by atoms with van der Waals surface area (Å²) in [7, 11) is -3.62. The SMILES string of the molecule is C=C1CCN(C(=O)CNS(=O)(=O)/C=C/c2ccccc2)CC1. The van der Waals surface area contributed by atoms with Crippen LogP contribution < -0.4 is 4.72 Å². The molecule has 5 nitrogen and oxygen atoms in total. The number of nitrogens with zero attached hydrogens (tertiary/aromatic N) is 1. The second kappa shape index (κ2) is 7.38. The number of sulfonamides is 1. The van der Waals surface area contributed by atoms with Crippen molar-refractivity contribution in [2.24, 2.45) is 0 Å². The first-order valence-electron chi connectivity index (χ1n) is 7.13. The molecule has 0 aliphatic carbocycles. The number of amides is 1. The maximum Gasteiger partial charge on any atom is 0.237 e. The second-order valence-corrected chi connectivity index (χ2v) is 6.86. The predicted molar refractivity (Wildman–Crippen MR) is 87.4 cm³/mol. The Morgan fingerprint density at radius 3 is 2.50 bits per heavy atom. The summed E-state index contributed by atoms with van der Waals surface area (Å²) in [6, 6.07) is 9.12. The van der Waals surface area contributed by atoms with Crippen molar-refractivity contribution in [1.82, 2.24) is 9.62 Å². The molecule has 2 rings (SSSR count). The number of hydrogen-bond acceptors (Lipinski definition) is 3. The van der Waals surface area contributed by atoms with E-state index < -0.39 is 10.0 Å². The highest BCUT2D eigenvalue weighted by molar-refractivity contribution is 7.92. The van der Waals surface area contributed by atoms with Gasteiger partial charge in [0, 0.05) is 18.5 Å². The van der Waals surface area contributed by atoms with E-state index in [0.717, 1.165) is 29.4 Å². The van der Waals surface area contributed by atoms with Crippen LogP contribution in [0.5, 0.6) is 0 Å². The zero-order chi connectivity index (χ0) is 16.0. The van der Waals surface area contributed by atoms with Crippen molar-refractivity contribution in [1.29, 1.82) is 0 Å². The lowest BCUT2D eigenvalue weighted by molar-refractivity contribution is -0.130. The topological polar surface area (TPSA) is 66.5 Å². The van der Waals surface area contributed by atoms with Crippen LogP contribution in [0.3, 0.4) is 0 Å². The number of likely N-dealkylation sites (tertiary alicyclic amines) is 1. The monoisotopic (exact) mass is 320 g/mol. The van der Waals surface area contributed by atoms with E-state index in [2.05, 4.69) is 11.3 Å². The van der Waals surface area contributed by atoms with E-state index >= 15 is 0 Å². The number of nitrogens with one attached hydrogen (secondary N) is 1. The first-order chi connectivity index (χ1) is 10.5. The Kier molecular flexibility index (Phi) is 5.51. The van der Waals surface area contributed by atoms with Gasteiger partial charge in [0.15, 0.2) is 0 Å². The second-order valence-electron chi connectivity index (χ2n) is 5.21. The lowest BCUT2D eigenvalue weighted by Gasteiger charge is -2.28. The fraction of sp³-hybridized carbons (Fsp3) is 0.312. The molecule has 6 heteroatoms. The molecule has 0 bridgehead atoms. The Balaban J connectivity index is 1.86. The maximum atomic E-state index is 12.0. The molecule has 0 aromatic heterocycles. The predicted octanol–water partition coefficient (Wildman–Crippen LogP) is 1.76. The molecule has 0 radical (unpaired) electrons. The molecule has 1 amide bonds. The van der Waals surface area contributed by atoms with Gasteiger partial charge in [-0.05, 0) is 24.5 Å². The first kappa shape index (κ1) is 16.5. The van der Waals surface area contributed by atoms with E-state index in [-0.39, 0.29) is 12.5 Å². The van der Waals surface area contributed by atoms with Crippen LogP contribution in [-0.2, 0) is 14.8 Å². The fourth-order valence-electron chi connectivity index (χ4n) is 2.13. The van der Waals surface area contributed by atoms with Crippen LogP contribution in [-0.4, -0.2) is 38.9 Å². The molecular formula is C16H20N2O3S. The van der Waals surface area contributed by atoms with Crippen LogP contribution in [0, 0.1) is 0 Å². The third kappa shape index (κ3) is 5.13. The van der Waals surface area contributed by atoms with Crippen molar-refractivity contribution < 1.29 is 13.2 Å². The van der Waals surface area contributed by atoms with Gasteiger partial charge in [-0.25, -0.2) is 13.1 Å². The summed E-state index contributed by atoms with van der Waals surface area (Å²) in [5.74, 6) is -0.204. The zero-order valence-corrected chi connectivity index (χ0v) is 13.2. The summed E-state index contributed by atoms with van der Waals surface area (Å²) < 4.78 is 26.0. The molecule has 1 aromatic carbocycles. The van der Waals surface area contributed by atoms with Gasteiger partial charge in [0.1, 0.15) is 0 Å². The summed E-state index contributed by atoms with van der Waals surface area (Å²) >= 11 is 0. The van der Waals surface area contributed by atoms with E-state index in [1.807, 2.05) is 18.2 Å². The molecule has 1 aromatic rings. The molecule has 1 aliphatic rings. The third-order valence-corrected chi connectivity index (χ3v) is 4.53. The van der Waals surface area contributed by atoms with Crippen molar-refractivity contribution in [3.05, 3.63) is 53.5 Å². The number of carbonyl (C=O) groups is 1. The smallest absolute Gasteiger partial charge is 0.237 e. The lowest BCUT2D eigenvalue weighted by atomic mass is 10.1. The van der Waals surface area contributed by atoms with E-state index in [4.69, 9.17) is 0 Å². The van der Waals surface area contributed by atoms with Crippen LogP contribution in [0.2, 0.25) is 0 Å². The minimum absolute atomic E-state index is 0.204. The molecule has 22 heavy (non-hydrogen) atoms. The number of piperidine rings is 1. The van der Waals surface area contributed by atoms with E-state index in [9.17, 15) is 13.2 Å². The van der Waals surface area contributed by atoms with Crippen LogP contribution in [0.1, 0.15) is 18.4 Å². The van der Waals surface area contributed by atoms with E-state index in [0.29, 0.717) is 13.1 Å². The molecule has 1 fully saturated rings. The van der Waals surface area contributed by atoms with Crippen LogP contribution >= 0.6 is 0 Å². The minimum Gasteiger partial charge on any atom is -0.341 e. The van der Waals surface area contributed by atoms with Gasteiger partial charge < -0.3 is 4.90 Å². The summed E-state index contributed by atoms with van der Waals surface area (Å²) in [4.78, 5) is 13.6. The van der Waals surface area contributed by atoms with Gasteiger partial charge in [-0.15, -0.1) is 0 Å². The van der Waals surface area contributed by atoms with Gasteiger partial charge in [0.05, 0.1) is 6.54 Å². The molecule has 0 saturated carbocycles. The Bertz CT molecular complexity index is 656. The van der Waals surface area contributed by atoms with Gasteiger partial charge in [-0.3, -0.25) is 4.79 Å². The highest BCUT2D eigenvalue weighted by Gasteiger charge is 2.19. The molecule has 0 atom stereocenters. The lowest BCUT2D eigenvalue weighted by Crippen LogP contribution is -2.42. The van der Waals surface area contributed by atoms with Gasteiger partial charge in [-0.1, -0.05) is 42.5 Å². The summed E-state index contributed by atoms with van der Waals surface area (Å²) in [6.45, 7) is 4.89. The standard InChI is InChI=1S/C16H20N2O3S/c1-14-7-10-18(11-8-14)16(19)13-17-22(20,21)12-9-15-5-3-2-4-6-15/h2-6,9,12,17H,1,7-8,10-11,13H2/b12-9+. The van der Waals surface area contributed by atoms with Crippen LogP contribution in [0.15, 0.2) is 47.9 Å². The Labute approximate surface area is 131 Å². The summed E-state index contributed by atoms with van der Waals surface area (Å²) in [6.07, 6.45) is 3.07. The van der Waals surface area contributed by atoms with Crippen molar-refractivity contribution in [2.75, 3.05) is 19.6 Å². The Morgan fingerprint density at radius 2 is 1.86 bits per heavy atom. The van der Waals surface area contributed by atoms with Crippen molar-refractivity contribution in [2.45, 2.75) is 12.8 Å². The molecule has 118 valence electrons. The molecule has 0 spiro atoms. The molecule has 0 unspecified atom stereocenters. The maximum absolute atomic E-state index is 12.0. The highest BCUT2D eigenvalue weighted by Crippen LogP contribution is 2.13. The molecule has 1 N–H and O–H groups in total. The van der Waals surface area contributed by atoms with E-state index in [1.54, 1.807) is 17.0 Å². The first-order valence-corrected chi connectivity index (χ1v) is 8.68. The molecule has 1 aliphatic heterocycles. The van der Waals surface area contributed by atoms with Crippen LogP contribution in [0.4, 0.5) is 0 Å². The van der Waals surface area contributed by atoms with Crippen molar-refractivity contribution >= 4 is 22.0 Å². The molecule has 1 saturated heterocycles. The van der Waals surface area contributed by atoms with Crippen molar-refractivity contribution in [3.63, 3.8) is 0 Å². The Hall–Kier alpha value is -1.92. The largest absolute Gasteiger partial charge is 0.341 e.